The highest BCUT2D eigenvalue weighted by atomic mass is 15.2. The number of nitrogens with zero attached hydrogens (tertiary/aromatic N) is 6. The third-order valence-electron chi connectivity index (χ3n) is 13.4. The van der Waals surface area contributed by atoms with Crippen molar-refractivity contribution in [2.75, 3.05) is 9.80 Å². The second kappa shape index (κ2) is 16.4. The lowest BCUT2D eigenvalue weighted by Gasteiger charge is -2.27. The molecule has 66 heavy (non-hydrogen) atoms. The van der Waals surface area contributed by atoms with Gasteiger partial charge in [0, 0.05) is 47.0 Å². The molecule has 6 nitrogen and oxygen atoms in total. The molecule has 0 fully saturated rings. The Morgan fingerprint density at radius 2 is 0.606 bits per heavy atom. The van der Waals surface area contributed by atoms with E-state index in [0.29, 0.717) is 0 Å². The number of pyridine rings is 4. The van der Waals surface area contributed by atoms with Crippen LogP contribution in [0.5, 0.6) is 0 Å². The molecule has 0 radical (unpaired) electrons. The fourth-order valence-corrected chi connectivity index (χ4v) is 9.91. The number of aromatic nitrogens is 4. The largest absolute Gasteiger partial charge is 0.307 e. The minimum absolute atomic E-state index is 0.181. The van der Waals surface area contributed by atoms with Gasteiger partial charge in [-0.1, -0.05) is 125 Å². The van der Waals surface area contributed by atoms with Crippen molar-refractivity contribution in [2.45, 2.75) is 38.5 Å². The molecular weight excluding hydrogens is 805 g/mol. The number of rotatable bonds is 10. The summed E-state index contributed by atoms with van der Waals surface area (Å²) in [6, 6.07) is 52.4. The summed E-state index contributed by atoms with van der Waals surface area (Å²) in [6.07, 6.45) is 23.7. The van der Waals surface area contributed by atoms with Crippen LogP contribution in [0.4, 0.5) is 34.1 Å². The molecule has 0 spiro atoms. The molecule has 4 aromatic heterocycles. The zero-order valence-electron chi connectivity index (χ0n) is 37.5. The third-order valence-corrected chi connectivity index (χ3v) is 13.4. The highest BCUT2D eigenvalue weighted by Gasteiger charge is 2.37. The number of benzene rings is 5. The minimum atomic E-state index is -0.181. The Labute approximate surface area is 387 Å². The summed E-state index contributed by atoms with van der Waals surface area (Å²) in [4.78, 5) is 22.1. The van der Waals surface area contributed by atoms with E-state index in [9.17, 15) is 0 Å². The number of fused-ring (bicyclic) bond motifs is 6. The Bertz CT molecular complexity index is 2980. The molecule has 0 amide bonds. The van der Waals surface area contributed by atoms with E-state index >= 15 is 0 Å². The quantitative estimate of drug-likeness (QED) is 0.128. The van der Waals surface area contributed by atoms with Gasteiger partial charge in [-0.25, -0.2) is 0 Å². The van der Waals surface area contributed by atoms with Crippen molar-refractivity contribution in [1.82, 2.24) is 19.9 Å². The van der Waals surface area contributed by atoms with Gasteiger partial charge in [0.2, 0.25) is 0 Å². The van der Waals surface area contributed by atoms with Crippen molar-refractivity contribution < 1.29 is 0 Å². The first-order valence-corrected chi connectivity index (χ1v) is 22.5. The topological polar surface area (TPSA) is 58.0 Å². The molecule has 9 aromatic rings. The predicted octanol–water partition coefficient (Wildman–Crippen LogP) is 15.2. The van der Waals surface area contributed by atoms with Gasteiger partial charge in [-0.3, -0.25) is 19.9 Å². The molecule has 5 aromatic carbocycles. The fraction of sp³-hybridized carbons (Fsp3) is 0.100. The Morgan fingerprint density at radius 1 is 0.318 bits per heavy atom. The van der Waals surface area contributed by atoms with Gasteiger partial charge >= 0.3 is 0 Å². The number of hydrogen-bond acceptors (Lipinski definition) is 6. The fourth-order valence-electron chi connectivity index (χ4n) is 9.91. The summed E-state index contributed by atoms with van der Waals surface area (Å²) in [7, 11) is 0. The van der Waals surface area contributed by atoms with E-state index in [-0.39, 0.29) is 10.8 Å². The lowest BCUT2D eigenvalue weighted by Crippen LogP contribution is -2.16. The molecular formula is C60H48N6. The average Bonchev–Trinajstić information content (AvgIpc) is 3.72. The molecule has 0 N–H and O–H groups in total. The molecule has 0 aliphatic heterocycles. The first-order valence-electron chi connectivity index (χ1n) is 22.5. The molecule has 0 bridgehead atoms. The van der Waals surface area contributed by atoms with Crippen molar-refractivity contribution in [2.24, 2.45) is 0 Å². The van der Waals surface area contributed by atoms with E-state index in [1.54, 1.807) is 0 Å². The van der Waals surface area contributed by atoms with E-state index in [2.05, 4.69) is 203 Å². The maximum atomic E-state index is 4.42. The van der Waals surface area contributed by atoms with Crippen LogP contribution >= 0.6 is 0 Å². The van der Waals surface area contributed by atoms with Crippen molar-refractivity contribution >= 4 is 58.4 Å². The lowest BCUT2D eigenvalue weighted by molar-refractivity contribution is 0.660. The van der Waals surface area contributed by atoms with Gasteiger partial charge < -0.3 is 9.80 Å². The monoisotopic (exact) mass is 852 g/mol. The van der Waals surface area contributed by atoms with E-state index in [0.717, 1.165) is 45.3 Å². The van der Waals surface area contributed by atoms with E-state index in [1.807, 2.05) is 73.8 Å². The first-order chi connectivity index (χ1) is 32.2. The van der Waals surface area contributed by atoms with E-state index in [1.165, 1.54) is 55.6 Å². The van der Waals surface area contributed by atoms with Crippen molar-refractivity contribution in [1.29, 1.82) is 0 Å². The smallest absolute Gasteiger partial charge is 0.0645 e. The highest BCUT2D eigenvalue weighted by Crippen LogP contribution is 2.52. The Morgan fingerprint density at radius 3 is 0.924 bits per heavy atom. The zero-order chi connectivity index (χ0) is 44.8. The Hall–Kier alpha value is -8.22. The maximum absolute atomic E-state index is 4.42. The van der Waals surface area contributed by atoms with Crippen LogP contribution in [-0.4, -0.2) is 19.9 Å². The Kier molecular flexibility index (Phi) is 10.1. The van der Waals surface area contributed by atoms with Crippen molar-refractivity contribution in [3.05, 3.63) is 240 Å². The van der Waals surface area contributed by atoms with Gasteiger partial charge in [0.25, 0.3) is 0 Å². The molecule has 0 saturated heterocycles. The van der Waals surface area contributed by atoms with Gasteiger partial charge in [0.05, 0.1) is 47.5 Å². The molecule has 2 aliphatic rings. The average molecular weight is 853 g/mol. The van der Waals surface area contributed by atoms with Crippen LogP contribution in [0.3, 0.4) is 0 Å². The molecule has 0 saturated carbocycles. The molecule has 4 heterocycles. The van der Waals surface area contributed by atoms with Crippen molar-refractivity contribution in [3.63, 3.8) is 0 Å². The lowest BCUT2D eigenvalue weighted by atomic mass is 9.81. The second-order valence-corrected chi connectivity index (χ2v) is 18.2. The summed E-state index contributed by atoms with van der Waals surface area (Å²) in [5.74, 6) is 0. The predicted molar refractivity (Wildman–Crippen MR) is 273 cm³/mol. The van der Waals surface area contributed by atoms with Gasteiger partial charge in [0.15, 0.2) is 0 Å². The first kappa shape index (κ1) is 40.5. The van der Waals surface area contributed by atoms with E-state index in [4.69, 9.17) is 0 Å². The SMILES string of the molecule is CC1(C)c2cc(/C=C/c3ccc(/C=C/c4ccc5c(c4)C(C)(C)c4cc(N(c6cccnc6)c6cccnc6)ccc4-5)cc3)ccc2-c2ccc(N(c3cccnc3)c3cccnc3)cc21. The van der Waals surface area contributed by atoms with Gasteiger partial charge in [-0.15, -0.1) is 0 Å². The maximum Gasteiger partial charge on any atom is 0.0645 e. The van der Waals surface area contributed by atoms with Gasteiger partial charge in [-0.2, -0.15) is 0 Å². The summed E-state index contributed by atoms with van der Waals surface area (Å²) in [5.41, 5.74) is 20.9. The van der Waals surface area contributed by atoms with E-state index < -0.39 is 0 Å². The summed E-state index contributed by atoms with van der Waals surface area (Å²) in [6.45, 7) is 9.34. The molecule has 6 heteroatoms. The molecule has 318 valence electrons. The number of hydrogen-bond donors (Lipinski definition) is 0. The van der Waals surface area contributed by atoms with Crippen LogP contribution in [0.15, 0.2) is 195 Å². The normalized spacial score (nSPS) is 13.9. The Balaban J connectivity index is 0.796. The molecule has 0 atom stereocenters. The zero-order valence-corrected chi connectivity index (χ0v) is 37.5. The number of anilines is 6. The minimum Gasteiger partial charge on any atom is -0.307 e. The summed E-state index contributed by atoms with van der Waals surface area (Å²) < 4.78 is 0. The highest BCUT2D eigenvalue weighted by molar-refractivity contribution is 5.88. The molecule has 11 rings (SSSR count). The van der Waals surface area contributed by atoms with Crippen LogP contribution in [0, 0.1) is 0 Å². The van der Waals surface area contributed by atoms with Crippen LogP contribution in [0.25, 0.3) is 46.6 Å². The molecule has 0 unspecified atom stereocenters. The van der Waals surface area contributed by atoms with Crippen molar-refractivity contribution in [3.8, 4) is 22.3 Å². The third kappa shape index (κ3) is 7.27. The summed E-state index contributed by atoms with van der Waals surface area (Å²) >= 11 is 0. The summed E-state index contributed by atoms with van der Waals surface area (Å²) in [5, 5.41) is 0. The molecule has 2 aliphatic carbocycles. The second-order valence-electron chi connectivity index (χ2n) is 18.2. The van der Waals surface area contributed by atoms with Crippen LogP contribution in [0.2, 0.25) is 0 Å². The van der Waals surface area contributed by atoms with Gasteiger partial charge in [-0.05, 0) is 140 Å². The van der Waals surface area contributed by atoms with Crippen LogP contribution in [-0.2, 0) is 10.8 Å². The van der Waals surface area contributed by atoms with Crippen LogP contribution < -0.4 is 9.80 Å². The standard InChI is InChI=1S/C60H48N6/c1-59(2)55-33-43(21-25-51(55)53-27-23-45(35-57(53)59)65(47-9-5-29-61-37-47)48-10-6-30-62-38-48)19-17-41-13-15-42(16-14-41)18-20-44-22-26-52-54-28-24-46(36-58(54)60(3,4)56(52)34-44)66(49-11-7-31-63-39-49)50-12-8-32-64-40-50/h5-40H,1-4H3/b19-17+,20-18+. The van der Waals surface area contributed by atoms with Crippen LogP contribution in [0.1, 0.15) is 72.2 Å². The van der Waals surface area contributed by atoms with Gasteiger partial charge in [0.1, 0.15) is 0 Å².